The lowest BCUT2D eigenvalue weighted by Crippen LogP contribution is -2.36. The molecule has 0 spiro atoms. The second-order valence-corrected chi connectivity index (χ2v) is 11.4. The van der Waals surface area contributed by atoms with Gasteiger partial charge in [-0.1, -0.05) is 66.7 Å². The van der Waals surface area contributed by atoms with Crippen LogP contribution >= 0.6 is 0 Å². The molecule has 0 amide bonds. The van der Waals surface area contributed by atoms with Crippen molar-refractivity contribution >= 4 is 17.0 Å². The van der Waals surface area contributed by atoms with Crippen molar-refractivity contribution in [2.24, 2.45) is 7.05 Å². The number of halogens is 3. The van der Waals surface area contributed by atoms with E-state index >= 15 is 0 Å². The number of nitrogens with one attached hydrogen (secondary N) is 1. The number of carboxylic acids is 1. The Morgan fingerprint density at radius 2 is 1.56 bits per heavy atom. The van der Waals surface area contributed by atoms with Gasteiger partial charge in [-0.05, 0) is 30.5 Å². The van der Waals surface area contributed by atoms with Crippen LogP contribution in [0, 0.1) is 0 Å². The lowest BCUT2D eigenvalue weighted by molar-refractivity contribution is -0.192. The number of rotatable bonds is 6. The average molecular weight is 657 g/mol. The summed E-state index contributed by atoms with van der Waals surface area (Å²) in [6.45, 7) is 2.75. The number of imidazole rings is 2. The van der Waals surface area contributed by atoms with Gasteiger partial charge in [0.25, 0.3) is 0 Å². The second kappa shape index (κ2) is 13.6. The summed E-state index contributed by atoms with van der Waals surface area (Å²) in [5.41, 5.74) is 6.59. The van der Waals surface area contributed by atoms with E-state index in [1.165, 1.54) is 5.56 Å². The van der Waals surface area contributed by atoms with Gasteiger partial charge in [-0.3, -0.25) is 9.47 Å². The first kappa shape index (κ1) is 32.3. The third-order valence-corrected chi connectivity index (χ3v) is 8.18. The van der Waals surface area contributed by atoms with Crippen LogP contribution in [-0.2, 0) is 18.4 Å². The highest BCUT2D eigenvalue weighted by molar-refractivity contribution is 5.78. The summed E-state index contributed by atoms with van der Waals surface area (Å²) in [7, 11) is 1.92. The third-order valence-electron chi connectivity index (χ3n) is 8.18. The molecule has 6 aromatic rings. The molecule has 0 bridgehead atoms. The quantitative estimate of drug-likeness (QED) is 0.233. The number of fused-ring (bicyclic) bond motifs is 1. The van der Waals surface area contributed by atoms with Gasteiger partial charge < -0.3 is 14.7 Å². The lowest BCUT2D eigenvalue weighted by atomic mass is 10.0. The molecule has 3 aromatic carbocycles. The minimum atomic E-state index is -5.08. The number of carbonyl (C=O) groups is 1. The molecule has 1 aliphatic rings. The number of hydrogen-bond donors (Lipinski definition) is 2. The fraction of sp³-hybridized carbons (Fsp3) is 0.235. The summed E-state index contributed by atoms with van der Waals surface area (Å²) >= 11 is 0. The van der Waals surface area contributed by atoms with E-state index in [1.54, 1.807) is 6.20 Å². The van der Waals surface area contributed by atoms with Crippen LogP contribution in [0.3, 0.4) is 0 Å². The van der Waals surface area contributed by atoms with Crippen LogP contribution < -0.4 is 5.69 Å². The van der Waals surface area contributed by atoms with Crippen molar-refractivity contribution in [1.29, 1.82) is 0 Å². The second-order valence-electron chi connectivity index (χ2n) is 11.4. The van der Waals surface area contributed by atoms with E-state index in [4.69, 9.17) is 14.9 Å². The molecule has 3 aromatic heterocycles. The number of likely N-dealkylation sites (tertiary alicyclic amines) is 1. The van der Waals surface area contributed by atoms with Crippen molar-refractivity contribution in [3.05, 3.63) is 107 Å². The van der Waals surface area contributed by atoms with Gasteiger partial charge in [0.05, 0.1) is 11.0 Å². The van der Waals surface area contributed by atoms with E-state index in [9.17, 15) is 18.0 Å². The maximum Gasteiger partial charge on any atom is 0.490 e. The number of para-hydroxylation sites is 2. The van der Waals surface area contributed by atoms with Crippen LogP contribution in [0.25, 0.3) is 45.2 Å². The maximum atomic E-state index is 12.7. The Balaban J connectivity index is 0.000000519. The standard InChI is InChI=1S/C32H30N8O.C2HF3O2/c1-38-20-17-33-31(38)30-35-28(29(36-37-30)23-7-3-2-4-8-23)24-13-11-22(12-14-24)21-39-18-15-25(16-19-39)40-27-10-6-5-9-26(27)34-32(40)41;3-2(4,5)1(6)7/h2-14,17,20,25H,15-16,18-19,21H2,1H3,(H,34,41);(H,6,7). The van der Waals surface area contributed by atoms with Crippen LogP contribution in [0.2, 0.25) is 0 Å². The fourth-order valence-corrected chi connectivity index (χ4v) is 5.79. The number of aliphatic carboxylic acids is 1. The Labute approximate surface area is 272 Å². The first-order valence-electron chi connectivity index (χ1n) is 15.2. The zero-order chi connectivity index (χ0) is 33.8. The molecular weight excluding hydrogens is 625 g/mol. The van der Waals surface area contributed by atoms with E-state index in [2.05, 4.69) is 49.3 Å². The fourth-order valence-electron chi connectivity index (χ4n) is 5.79. The predicted molar refractivity (Wildman–Crippen MR) is 173 cm³/mol. The molecule has 0 radical (unpaired) electrons. The largest absolute Gasteiger partial charge is 0.490 e. The number of H-pyrrole nitrogens is 1. The third kappa shape index (κ3) is 7.03. The number of benzene rings is 3. The number of carboxylic acid groups (broad SMARTS) is 1. The number of nitrogens with zero attached hydrogens (tertiary/aromatic N) is 7. The zero-order valence-corrected chi connectivity index (χ0v) is 25.8. The lowest BCUT2D eigenvalue weighted by Gasteiger charge is -2.32. The Kier molecular flexibility index (Phi) is 9.17. The average Bonchev–Trinajstić information content (AvgIpc) is 3.67. The van der Waals surface area contributed by atoms with E-state index in [0.29, 0.717) is 11.6 Å². The summed E-state index contributed by atoms with van der Waals surface area (Å²) in [4.78, 5) is 36.4. The molecule has 4 heterocycles. The highest BCUT2D eigenvalue weighted by atomic mass is 19.4. The topological polar surface area (TPSA) is 135 Å². The highest BCUT2D eigenvalue weighted by Crippen LogP contribution is 2.31. The number of piperidine rings is 1. The minimum absolute atomic E-state index is 0.0135. The van der Waals surface area contributed by atoms with Crippen LogP contribution in [0.1, 0.15) is 24.4 Å². The van der Waals surface area contributed by atoms with Crippen LogP contribution in [-0.4, -0.2) is 69.5 Å². The molecule has 14 heteroatoms. The van der Waals surface area contributed by atoms with Crippen molar-refractivity contribution in [1.82, 2.24) is 39.2 Å². The first-order valence-corrected chi connectivity index (χ1v) is 15.2. The maximum absolute atomic E-state index is 12.7. The zero-order valence-electron chi connectivity index (χ0n) is 25.8. The summed E-state index contributed by atoms with van der Waals surface area (Å²) in [5, 5.41) is 16.1. The number of aryl methyl sites for hydroxylation is 1. The minimum Gasteiger partial charge on any atom is -0.475 e. The van der Waals surface area contributed by atoms with Crippen molar-refractivity contribution in [2.75, 3.05) is 13.1 Å². The Hall–Kier alpha value is -5.63. The van der Waals surface area contributed by atoms with Gasteiger partial charge in [0.1, 0.15) is 11.4 Å². The molecule has 48 heavy (non-hydrogen) atoms. The van der Waals surface area contributed by atoms with Crippen LogP contribution in [0.15, 0.2) is 96.1 Å². The summed E-state index contributed by atoms with van der Waals surface area (Å²) in [6, 6.07) is 26.8. The Bertz CT molecular complexity index is 2080. The van der Waals surface area contributed by atoms with Crippen LogP contribution in [0.4, 0.5) is 13.2 Å². The Morgan fingerprint density at radius 3 is 2.21 bits per heavy atom. The Morgan fingerprint density at radius 1 is 0.917 bits per heavy atom. The number of aromatic amines is 1. The molecule has 0 atom stereocenters. The molecule has 246 valence electrons. The molecule has 0 unspecified atom stereocenters. The molecule has 2 N–H and O–H groups in total. The molecule has 1 fully saturated rings. The van der Waals surface area contributed by atoms with E-state index < -0.39 is 12.1 Å². The first-order chi connectivity index (χ1) is 23.1. The van der Waals surface area contributed by atoms with Crippen molar-refractivity contribution < 1.29 is 23.1 Å². The van der Waals surface area contributed by atoms with E-state index in [1.807, 2.05) is 77.0 Å². The number of aromatic nitrogens is 7. The highest BCUT2D eigenvalue weighted by Gasteiger charge is 2.38. The molecule has 0 aliphatic carbocycles. The molecule has 0 saturated carbocycles. The molecule has 11 nitrogen and oxygen atoms in total. The van der Waals surface area contributed by atoms with Crippen molar-refractivity contribution in [2.45, 2.75) is 31.6 Å². The van der Waals surface area contributed by atoms with Crippen molar-refractivity contribution in [3.8, 4) is 34.2 Å². The van der Waals surface area contributed by atoms with Crippen molar-refractivity contribution in [3.63, 3.8) is 0 Å². The number of alkyl halides is 3. The monoisotopic (exact) mass is 656 g/mol. The molecule has 1 aliphatic heterocycles. The summed E-state index contributed by atoms with van der Waals surface area (Å²) in [5.74, 6) is -1.59. The van der Waals surface area contributed by atoms with Crippen LogP contribution in [0.5, 0.6) is 0 Å². The normalized spacial score (nSPS) is 14.1. The van der Waals surface area contributed by atoms with Gasteiger partial charge in [-0.2, -0.15) is 13.2 Å². The molecular formula is C34H31F3N8O3. The van der Waals surface area contributed by atoms with E-state index in [0.717, 1.165) is 66.0 Å². The summed E-state index contributed by atoms with van der Waals surface area (Å²) in [6.07, 6.45) is 0.422. The van der Waals surface area contributed by atoms with Gasteiger partial charge >= 0.3 is 17.8 Å². The SMILES string of the molecule is Cn1ccnc1-c1nnc(-c2ccccc2)c(-c2ccc(CN3CCC(n4c(=O)[nH]c5ccccc54)CC3)cc2)n1.O=C(O)C(F)(F)F. The van der Waals surface area contributed by atoms with Gasteiger partial charge in [-0.15, -0.1) is 10.2 Å². The smallest absolute Gasteiger partial charge is 0.475 e. The predicted octanol–water partition coefficient (Wildman–Crippen LogP) is 5.72. The van der Waals surface area contributed by atoms with Gasteiger partial charge in [0, 0.05) is 56.2 Å². The van der Waals surface area contributed by atoms with E-state index in [-0.39, 0.29) is 11.7 Å². The molecule has 7 rings (SSSR count). The number of hydrogen-bond acceptors (Lipinski definition) is 7. The van der Waals surface area contributed by atoms with Gasteiger partial charge in [0.2, 0.25) is 5.82 Å². The van der Waals surface area contributed by atoms with Gasteiger partial charge in [-0.25, -0.2) is 19.6 Å². The molecule has 1 saturated heterocycles. The van der Waals surface area contributed by atoms with Gasteiger partial charge in [0.15, 0.2) is 5.82 Å². The summed E-state index contributed by atoms with van der Waals surface area (Å²) < 4.78 is 35.6.